The Morgan fingerprint density at radius 1 is 1.30 bits per heavy atom. The van der Waals surface area contributed by atoms with E-state index in [-0.39, 0.29) is 17.0 Å². The molecule has 0 unspecified atom stereocenters. The van der Waals surface area contributed by atoms with Gasteiger partial charge in [-0.15, -0.1) is 0 Å². The molecule has 20 heavy (non-hydrogen) atoms. The smallest absolute Gasteiger partial charge is 0.390 e. The van der Waals surface area contributed by atoms with Crippen LogP contribution in [0.25, 0.3) is 0 Å². The molecule has 0 N–H and O–H groups in total. The van der Waals surface area contributed by atoms with Gasteiger partial charge in [-0.05, 0) is 16.0 Å². The third kappa shape index (κ3) is 2.91. The highest BCUT2D eigenvalue weighted by molar-refractivity contribution is 9.10. The summed E-state index contributed by atoms with van der Waals surface area (Å²) in [6.07, 6.45) is 0. The molecule has 1 heterocycles. The molecule has 1 aromatic carbocycles. The van der Waals surface area contributed by atoms with Crippen LogP contribution in [0.5, 0.6) is 0 Å². The fourth-order valence-corrected chi connectivity index (χ4v) is 1.99. The zero-order valence-electron chi connectivity index (χ0n) is 9.56. The van der Waals surface area contributed by atoms with E-state index in [4.69, 9.17) is 11.6 Å². The number of benzene rings is 1. The molecule has 9 nitrogen and oxygen atoms in total. The van der Waals surface area contributed by atoms with Crippen LogP contribution in [0.4, 0.5) is 11.6 Å². The van der Waals surface area contributed by atoms with Gasteiger partial charge in [0, 0.05) is 43.7 Å². The molecule has 11 heteroatoms. The fraction of sp³-hybridized carbons (Fsp3) is 0.111. The van der Waals surface area contributed by atoms with E-state index >= 15 is 0 Å². The summed E-state index contributed by atoms with van der Waals surface area (Å²) in [5.74, 6) is -0.571. The molecule has 0 bridgehead atoms. The minimum atomic E-state index is -0.740. The number of nitrogens with zero attached hydrogens (tertiary/aromatic N) is 5. The summed E-state index contributed by atoms with van der Waals surface area (Å²) in [5.41, 5.74) is 0.275. The molecule has 104 valence electrons. The molecule has 1 aromatic heterocycles. The number of nitro groups is 2. The molecule has 0 aliphatic heterocycles. The van der Waals surface area contributed by atoms with Crippen molar-refractivity contribution in [3.63, 3.8) is 0 Å². The predicted octanol–water partition coefficient (Wildman–Crippen LogP) is 2.56. The van der Waals surface area contributed by atoms with Gasteiger partial charge in [0.15, 0.2) is 0 Å². The number of halogens is 2. The number of hydrogen-bond donors (Lipinski definition) is 0. The lowest BCUT2D eigenvalue weighted by Crippen LogP contribution is -2.04. The highest BCUT2D eigenvalue weighted by atomic mass is 79.9. The lowest BCUT2D eigenvalue weighted by molar-refractivity contribution is -0.394. The van der Waals surface area contributed by atoms with Crippen LogP contribution in [0.3, 0.4) is 0 Å². The maximum atomic E-state index is 10.7. The molecule has 0 aliphatic carbocycles. The molecular formula is C9H5BrClN5O4. The minimum Gasteiger partial charge on any atom is -0.390 e. The van der Waals surface area contributed by atoms with E-state index in [1.54, 1.807) is 0 Å². The highest BCUT2D eigenvalue weighted by Gasteiger charge is 2.21. The Labute approximate surface area is 124 Å². The van der Waals surface area contributed by atoms with E-state index < -0.39 is 15.8 Å². The van der Waals surface area contributed by atoms with Crippen molar-refractivity contribution in [1.82, 2.24) is 14.8 Å². The van der Waals surface area contributed by atoms with Crippen molar-refractivity contribution in [2.45, 2.75) is 6.54 Å². The topological polar surface area (TPSA) is 117 Å². The summed E-state index contributed by atoms with van der Waals surface area (Å²) in [4.78, 5) is 23.6. The van der Waals surface area contributed by atoms with Crippen LogP contribution in [0.15, 0.2) is 22.9 Å². The second kappa shape index (κ2) is 5.51. The Morgan fingerprint density at radius 2 is 2.00 bits per heavy atom. The summed E-state index contributed by atoms with van der Waals surface area (Å²) in [6.45, 7) is 0.0158. The van der Waals surface area contributed by atoms with Crippen LogP contribution in [0.2, 0.25) is 5.02 Å². The number of non-ortho nitro benzene ring substituents is 1. The normalized spacial score (nSPS) is 10.5. The van der Waals surface area contributed by atoms with Crippen molar-refractivity contribution >= 4 is 39.2 Å². The first-order chi connectivity index (χ1) is 9.38. The molecule has 0 amide bonds. The molecule has 0 fully saturated rings. The van der Waals surface area contributed by atoms with Gasteiger partial charge in [-0.3, -0.25) is 10.1 Å². The number of rotatable bonds is 4. The van der Waals surface area contributed by atoms with Gasteiger partial charge < -0.3 is 10.1 Å². The summed E-state index contributed by atoms with van der Waals surface area (Å²) < 4.78 is 1.31. The first kappa shape index (κ1) is 14.3. The van der Waals surface area contributed by atoms with Gasteiger partial charge in [0.05, 0.1) is 11.5 Å². The summed E-state index contributed by atoms with van der Waals surface area (Å²) in [6, 6.07) is 3.93. The van der Waals surface area contributed by atoms with Gasteiger partial charge in [0.25, 0.3) is 10.4 Å². The monoisotopic (exact) mass is 361 g/mol. The summed E-state index contributed by atoms with van der Waals surface area (Å²) in [7, 11) is 0. The molecule has 2 rings (SSSR count). The van der Waals surface area contributed by atoms with E-state index in [0.29, 0.717) is 10.6 Å². The molecule has 0 aliphatic rings. The standard InChI is InChI=1S/C9H5BrClN5O4/c10-8-12-9(16(19)20)13-14(8)4-5-3-6(15(17)18)1-2-7(5)11/h1-3H,4H2. The summed E-state index contributed by atoms with van der Waals surface area (Å²) in [5, 5.41) is 25.2. The average molecular weight is 363 g/mol. The first-order valence-corrected chi connectivity index (χ1v) is 6.23. The SMILES string of the molecule is O=[N+]([O-])c1ccc(Cl)c(Cn2nc([N+](=O)[O-])nc2Br)c1. The van der Waals surface area contributed by atoms with Crippen LogP contribution in [-0.4, -0.2) is 24.6 Å². The Hall–Kier alpha value is -2.07. The Morgan fingerprint density at radius 3 is 2.55 bits per heavy atom. The number of aromatic nitrogens is 3. The summed E-state index contributed by atoms with van der Waals surface area (Å²) >= 11 is 8.96. The van der Waals surface area contributed by atoms with E-state index in [1.807, 2.05) is 0 Å². The van der Waals surface area contributed by atoms with Crippen molar-refractivity contribution in [2.75, 3.05) is 0 Å². The minimum absolute atomic E-state index is 0.0158. The molecule has 2 aromatic rings. The van der Waals surface area contributed by atoms with Crippen molar-refractivity contribution in [3.8, 4) is 0 Å². The maximum Gasteiger partial charge on any atom is 0.492 e. The van der Waals surface area contributed by atoms with E-state index in [2.05, 4.69) is 26.0 Å². The first-order valence-electron chi connectivity index (χ1n) is 5.06. The molecule has 0 saturated carbocycles. The molecule has 0 spiro atoms. The molecular weight excluding hydrogens is 357 g/mol. The largest absolute Gasteiger partial charge is 0.492 e. The Bertz CT molecular complexity index is 704. The zero-order valence-corrected chi connectivity index (χ0v) is 11.9. The van der Waals surface area contributed by atoms with Gasteiger partial charge in [-0.25, -0.2) is 0 Å². The van der Waals surface area contributed by atoms with E-state index in [1.165, 1.54) is 22.9 Å². The Kier molecular flexibility index (Phi) is 3.95. The maximum absolute atomic E-state index is 10.7. The van der Waals surface area contributed by atoms with Crippen LogP contribution in [0, 0.1) is 20.2 Å². The quantitative estimate of drug-likeness (QED) is 0.609. The van der Waals surface area contributed by atoms with Crippen LogP contribution in [0.1, 0.15) is 5.56 Å². The molecule has 0 saturated heterocycles. The second-order valence-electron chi connectivity index (χ2n) is 3.63. The van der Waals surface area contributed by atoms with Crippen molar-refractivity contribution in [1.29, 1.82) is 0 Å². The van der Waals surface area contributed by atoms with Crippen LogP contribution in [-0.2, 0) is 6.54 Å². The number of hydrogen-bond acceptors (Lipinski definition) is 6. The number of nitro benzene ring substituents is 1. The Balaban J connectivity index is 2.36. The van der Waals surface area contributed by atoms with Crippen molar-refractivity contribution < 1.29 is 9.85 Å². The van der Waals surface area contributed by atoms with E-state index in [9.17, 15) is 20.2 Å². The van der Waals surface area contributed by atoms with Crippen molar-refractivity contribution in [2.24, 2.45) is 0 Å². The van der Waals surface area contributed by atoms with E-state index in [0.717, 1.165) is 0 Å². The fourth-order valence-electron chi connectivity index (χ4n) is 1.45. The van der Waals surface area contributed by atoms with Gasteiger partial charge in [0.2, 0.25) is 0 Å². The van der Waals surface area contributed by atoms with Crippen molar-refractivity contribution in [3.05, 3.63) is 53.7 Å². The van der Waals surface area contributed by atoms with Gasteiger partial charge >= 0.3 is 5.95 Å². The lowest BCUT2D eigenvalue weighted by atomic mass is 10.2. The molecule has 0 atom stereocenters. The molecule has 0 radical (unpaired) electrons. The van der Waals surface area contributed by atoms with Crippen LogP contribution < -0.4 is 0 Å². The van der Waals surface area contributed by atoms with Gasteiger partial charge in [0.1, 0.15) is 0 Å². The van der Waals surface area contributed by atoms with Crippen LogP contribution >= 0.6 is 27.5 Å². The van der Waals surface area contributed by atoms with Gasteiger partial charge in [-0.1, -0.05) is 11.6 Å². The average Bonchev–Trinajstić information content (AvgIpc) is 2.73. The third-order valence-electron chi connectivity index (χ3n) is 2.34. The zero-order chi connectivity index (χ0) is 14.9. The predicted molar refractivity (Wildman–Crippen MR) is 71.6 cm³/mol. The second-order valence-corrected chi connectivity index (χ2v) is 4.74. The van der Waals surface area contributed by atoms with Gasteiger partial charge in [-0.2, -0.15) is 4.68 Å². The lowest BCUT2D eigenvalue weighted by Gasteiger charge is -2.02. The third-order valence-corrected chi connectivity index (χ3v) is 3.29. The highest BCUT2D eigenvalue weighted by Crippen LogP contribution is 2.24.